The summed E-state index contributed by atoms with van der Waals surface area (Å²) in [6.07, 6.45) is -14.5. The van der Waals surface area contributed by atoms with E-state index >= 15 is 0 Å². The van der Waals surface area contributed by atoms with Crippen LogP contribution in [-0.2, 0) is 28.4 Å². The van der Waals surface area contributed by atoms with Crippen molar-refractivity contribution in [2.75, 3.05) is 6.61 Å². The van der Waals surface area contributed by atoms with Crippen molar-refractivity contribution in [1.82, 2.24) is 0 Å². The van der Waals surface area contributed by atoms with Gasteiger partial charge < -0.3 is 69.9 Å². The van der Waals surface area contributed by atoms with E-state index in [1.54, 1.807) is 20.8 Å². The van der Waals surface area contributed by atoms with Gasteiger partial charge in [-0.25, -0.2) is 0 Å². The van der Waals surface area contributed by atoms with E-state index in [2.05, 4.69) is 0 Å². The maximum atomic E-state index is 11.2. The van der Waals surface area contributed by atoms with Gasteiger partial charge in [0.15, 0.2) is 18.9 Å². The molecule has 0 radical (unpaired) electrons. The first-order valence-electron chi connectivity index (χ1n) is 15.2. The third-order valence-electron chi connectivity index (χ3n) is 9.47. The molecule has 0 bridgehead atoms. The van der Waals surface area contributed by atoms with Crippen LogP contribution in [0.2, 0.25) is 0 Å². The van der Waals surface area contributed by atoms with Crippen LogP contribution in [0.5, 0.6) is 0 Å². The van der Waals surface area contributed by atoms with E-state index in [-0.39, 0.29) is 5.92 Å². The SMILES string of the molecule is CCC1OC(OC2C(CO)OC(OC3C(O)C(C)CC(N)C3OC3OC(CC)C(O)C(O)C3C)C2O)C(C)C(O)C1O. The first kappa shape index (κ1) is 34.3. The molecule has 0 amide bonds. The largest absolute Gasteiger partial charge is 0.394 e. The topological polar surface area (TPSA) is 223 Å². The number of rotatable bonds is 9. The molecular weight excluding hydrogens is 558 g/mol. The average Bonchev–Trinajstić information content (AvgIpc) is 3.27. The smallest absolute Gasteiger partial charge is 0.187 e. The molecule has 0 aromatic carbocycles. The zero-order valence-electron chi connectivity index (χ0n) is 25.0. The van der Waals surface area contributed by atoms with Gasteiger partial charge in [-0.1, -0.05) is 34.6 Å². The molecule has 14 nitrogen and oxygen atoms in total. The van der Waals surface area contributed by atoms with Crippen molar-refractivity contribution in [3.63, 3.8) is 0 Å². The molecule has 0 aromatic rings. The van der Waals surface area contributed by atoms with E-state index in [1.807, 2.05) is 13.8 Å². The Morgan fingerprint density at radius 3 is 1.52 bits per heavy atom. The van der Waals surface area contributed by atoms with Gasteiger partial charge in [0, 0.05) is 17.9 Å². The van der Waals surface area contributed by atoms with Crippen LogP contribution in [-0.4, -0.2) is 141 Å². The lowest BCUT2D eigenvalue weighted by molar-refractivity contribution is -0.321. The van der Waals surface area contributed by atoms with Gasteiger partial charge in [-0.15, -0.1) is 0 Å². The van der Waals surface area contributed by atoms with Gasteiger partial charge in [0.1, 0.15) is 42.7 Å². The lowest BCUT2D eigenvalue weighted by Gasteiger charge is -2.47. The molecule has 3 heterocycles. The van der Waals surface area contributed by atoms with E-state index in [9.17, 15) is 35.7 Å². The standard InChI is InChI=1S/C28H51NO13/c1-6-14-20(34)18(32)11(4)26(37-14)40-23-13(29)8-10(3)17(31)25(23)42-28-22(36)24(16(9-30)39-28)41-27-12(5)19(33)21(35)15(7-2)38-27/h10-28,30-36H,6-9,29H2,1-5H3. The van der Waals surface area contributed by atoms with Gasteiger partial charge in [-0.05, 0) is 25.2 Å². The van der Waals surface area contributed by atoms with Crippen LogP contribution in [0, 0.1) is 17.8 Å². The Labute approximate surface area is 246 Å². The predicted octanol–water partition coefficient (Wildman–Crippen LogP) is -2.07. The molecule has 1 aliphatic carbocycles. The zero-order chi connectivity index (χ0) is 31.0. The fourth-order valence-corrected chi connectivity index (χ4v) is 6.52. The van der Waals surface area contributed by atoms with Crippen LogP contribution in [0.25, 0.3) is 0 Å². The molecule has 14 heteroatoms. The summed E-state index contributed by atoms with van der Waals surface area (Å²) in [5.74, 6) is -1.56. The van der Waals surface area contributed by atoms with E-state index in [1.165, 1.54) is 0 Å². The van der Waals surface area contributed by atoms with Crippen LogP contribution in [0.3, 0.4) is 0 Å². The molecule has 9 N–H and O–H groups in total. The molecule has 19 atom stereocenters. The fourth-order valence-electron chi connectivity index (χ4n) is 6.52. The third-order valence-corrected chi connectivity index (χ3v) is 9.47. The number of hydrogen-bond acceptors (Lipinski definition) is 14. The van der Waals surface area contributed by atoms with Gasteiger partial charge in [0.2, 0.25) is 0 Å². The van der Waals surface area contributed by atoms with Crippen molar-refractivity contribution in [1.29, 1.82) is 0 Å². The van der Waals surface area contributed by atoms with E-state index < -0.39 is 117 Å². The number of nitrogens with two attached hydrogens (primary N) is 1. The highest BCUT2D eigenvalue weighted by Gasteiger charge is 2.54. The Hall–Kier alpha value is -0.560. The number of aliphatic hydroxyl groups is 7. The highest BCUT2D eigenvalue weighted by Crippen LogP contribution is 2.38. The number of hydrogen-bond donors (Lipinski definition) is 8. The van der Waals surface area contributed by atoms with Crippen molar-refractivity contribution in [2.24, 2.45) is 23.5 Å². The predicted molar refractivity (Wildman–Crippen MR) is 144 cm³/mol. The molecule has 4 fully saturated rings. The molecule has 246 valence electrons. The summed E-state index contributed by atoms with van der Waals surface area (Å²) in [7, 11) is 0. The second-order valence-electron chi connectivity index (χ2n) is 12.5. The summed E-state index contributed by atoms with van der Waals surface area (Å²) < 4.78 is 36.1. The average molecular weight is 610 g/mol. The molecule has 42 heavy (non-hydrogen) atoms. The van der Waals surface area contributed by atoms with Crippen molar-refractivity contribution < 1.29 is 64.2 Å². The van der Waals surface area contributed by atoms with Crippen LogP contribution in [0.1, 0.15) is 53.9 Å². The monoisotopic (exact) mass is 609 g/mol. The minimum atomic E-state index is -1.44. The van der Waals surface area contributed by atoms with E-state index in [0.717, 1.165) is 0 Å². The Bertz CT molecular complexity index is 853. The maximum Gasteiger partial charge on any atom is 0.187 e. The van der Waals surface area contributed by atoms with Crippen LogP contribution in [0.4, 0.5) is 0 Å². The molecule has 4 rings (SSSR count). The summed E-state index contributed by atoms with van der Waals surface area (Å²) in [4.78, 5) is 0. The summed E-state index contributed by atoms with van der Waals surface area (Å²) in [5.41, 5.74) is 6.48. The normalized spacial score (nSPS) is 53.8. The van der Waals surface area contributed by atoms with Crippen molar-refractivity contribution in [3.8, 4) is 0 Å². The van der Waals surface area contributed by atoms with Crippen molar-refractivity contribution in [2.45, 2.75) is 152 Å². The molecular formula is C28H51NO13. The summed E-state index contributed by atoms with van der Waals surface area (Å²) in [6.45, 7) is 8.22. The van der Waals surface area contributed by atoms with E-state index in [4.69, 9.17) is 34.2 Å². The van der Waals surface area contributed by atoms with Gasteiger partial charge in [0.05, 0.1) is 37.1 Å². The summed E-state index contributed by atoms with van der Waals surface area (Å²) >= 11 is 0. The molecule has 1 saturated carbocycles. The molecule has 3 aliphatic heterocycles. The van der Waals surface area contributed by atoms with Crippen LogP contribution >= 0.6 is 0 Å². The number of ether oxygens (including phenoxy) is 6. The highest BCUT2D eigenvalue weighted by molar-refractivity contribution is 4.99. The molecule has 0 spiro atoms. The minimum Gasteiger partial charge on any atom is -0.394 e. The van der Waals surface area contributed by atoms with Crippen LogP contribution in [0.15, 0.2) is 0 Å². The summed E-state index contributed by atoms with van der Waals surface area (Å²) in [5, 5.41) is 74.2. The summed E-state index contributed by atoms with van der Waals surface area (Å²) in [6, 6.07) is -0.608. The Morgan fingerprint density at radius 2 is 1.05 bits per heavy atom. The van der Waals surface area contributed by atoms with E-state index in [0.29, 0.717) is 19.3 Å². The second-order valence-corrected chi connectivity index (χ2v) is 12.5. The van der Waals surface area contributed by atoms with Gasteiger partial charge in [-0.2, -0.15) is 0 Å². The highest BCUT2D eigenvalue weighted by atomic mass is 16.8. The molecule has 0 aromatic heterocycles. The van der Waals surface area contributed by atoms with Crippen molar-refractivity contribution in [3.05, 3.63) is 0 Å². The Morgan fingerprint density at radius 1 is 0.595 bits per heavy atom. The first-order valence-corrected chi connectivity index (χ1v) is 15.2. The third kappa shape index (κ3) is 6.67. The second kappa shape index (κ2) is 14.3. The molecule has 4 aliphatic rings. The zero-order valence-corrected chi connectivity index (χ0v) is 25.0. The lowest BCUT2D eigenvalue weighted by Crippen LogP contribution is -2.62. The maximum absolute atomic E-state index is 11.2. The van der Waals surface area contributed by atoms with Crippen LogP contribution < -0.4 is 5.73 Å². The van der Waals surface area contributed by atoms with Crippen molar-refractivity contribution >= 4 is 0 Å². The van der Waals surface area contributed by atoms with Gasteiger partial charge in [-0.3, -0.25) is 0 Å². The number of aliphatic hydroxyl groups excluding tert-OH is 7. The lowest BCUT2D eigenvalue weighted by atomic mass is 9.80. The Balaban J connectivity index is 1.50. The molecule has 19 unspecified atom stereocenters. The fraction of sp³-hybridized carbons (Fsp3) is 1.00. The Kier molecular flexibility index (Phi) is 11.6. The van der Waals surface area contributed by atoms with Gasteiger partial charge >= 0.3 is 0 Å². The first-order chi connectivity index (χ1) is 19.8. The molecule has 3 saturated heterocycles. The quantitative estimate of drug-likeness (QED) is 0.141. The minimum absolute atomic E-state index is 0.292. The van der Waals surface area contributed by atoms with Gasteiger partial charge in [0.25, 0.3) is 0 Å².